The van der Waals surface area contributed by atoms with E-state index in [0.29, 0.717) is 6.61 Å². The number of para-hydroxylation sites is 1. The van der Waals surface area contributed by atoms with Crippen LogP contribution in [-0.4, -0.2) is 42.2 Å². The summed E-state index contributed by atoms with van der Waals surface area (Å²) in [5, 5.41) is 1.66. The van der Waals surface area contributed by atoms with Gasteiger partial charge < -0.3 is 4.74 Å². The molecule has 2 aromatic carbocycles. The number of amides is 1. The van der Waals surface area contributed by atoms with Crippen LogP contribution in [0.25, 0.3) is 0 Å². The van der Waals surface area contributed by atoms with E-state index in [2.05, 4.69) is 4.99 Å². The van der Waals surface area contributed by atoms with Gasteiger partial charge in [-0.25, -0.2) is 0 Å². The number of hydrogen-bond donors (Lipinski definition) is 0. The van der Waals surface area contributed by atoms with Crippen molar-refractivity contribution in [2.24, 2.45) is 4.99 Å². The first kappa shape index (κ1) is 16.9. The topological polar surface area (TPSA) is 44.9 Å². The average Bonchev–Trinajstić information content (AvgIpc) is 2.85. The third-order valence-corrected chi connectivity index (χ3v) is 4.21. The van der Waals surface area contributed by atoms with Crippen LogP contribution in [0, 0.1) is 0 Å². The molecule has 128 valence electrons. The minimum atomic E-state index is -0.503. The first-order valence-corrected chi connectivity index (χ1v) is 8.34. The standard InChI is InChI=1S/C20H22N3O2/c1-4-25-18-12-10-16(11-13-18)14-21-19-15(2)22(3)23(20(19)24)17-8-6-5-7-9-17/h5-14,19H,4H2,1-3H3/q+1/t19-/m0/s1. The summed E-state index contributed by atoms with van der Waals surface area (Å²) in [4.78, 5) is 17.3. The summed E-state index contributed by atoms with van der Waals surface area (Å²) in [5.74, 6) is 0.780. The molecular formula is C20H22N3O2+. The number of anilines is 1. The molecule has 2 aromatic rings. The normalized spacial score (nSPS) is 17.6. The zero-order chi connectivity index (χ0) is 17.8. The van der Waals surface area contributed by atoms with Crippen molar-refractivity contribution in [2.75, 3.05) is 18.7 Å². The molecule has 0 radical (unpaired) electrons. The van der Waals surface area contributed by atoms with Crippen molar-refractivity contribution < 1.29 is 14.2 Å². The van der Waals surface area contributed by atoms with Gasteiger partial charge in [-0.2, -0.15) is 0 Å². The van der Waals surface area contributed by atoms with Gasteiger partial charge in [-0.1, -0.05) is 23.2 Å². The molecule has 0 bridgehead atoms. The van der Waals surface area contributed by atoms with Gasteiger partial charge in [0.25, 0.3) is 0 Å². The quantitative estimate of drug-likeness (QED) is 0.622. The Labute approximate surface area is 147 Å². The summed E-state index contributed by atoms with van der Waals surface area (Å²) in [6.45, 7) is 4.52. The highest BCUT2D eigenvalue weighted by Gasteiger charge is 2.44. The van der Waals surface area contributed by atoms with Gasteiger partial charge in [0.1, 0.15) is 11.4 Å². The Morgan fingerprint density at radius 1 is 1.16 bits per heavy atom. The van der Waals surface area contributed by atoms with E-state index in [9.17, 15) is 4.79 Å². The number of hydrazine groups is 1. The molecule has 25 heavy (non-hydrogen) atoms. The van der Waals surface area contributed by atoms with Crippen molar-refractivity contribution >= 4 is 23.5 Å². The highest BCUT2D eigenvalue weighted by Crippen LogP contribution is 2.21. The molecule has 0 unspecified atom stereocenters. The Balaban J connectivity index is 1.80. The molecule has 0 aliphatic carbocycles. The van der Waals surface area contributed by atoms with Gasteiger partial charge in [0.15, 0.2) is 7.05 Å². The molecule has 1 aliphatic heterocycles. The summed E-state index contributed by atoms with van der Waals surface area (Å²) in [7, 11) is 1.88. The highest BCUT2D eigenvalue weighted by molar-refractivity contribution is 6.15. The zero-order valence-corrected chi connectivity index (χ0v) is 14.7. The van der Waals surface area contributed by atoms with Crippen LogP contribution >= 0.6 is 0 Å². The van der Waals surface area contributed by atoms with Crippen molar-refractivity contribution in [1.82, 2.24) is 0 Å². The molecule has 1 atom stereocenters. The molecule has 0 spiro atoms. The number of hydrazone groups is 1. The molecule has 0 aromatic heterocycles. The summed E-state index contributed by atoms with van der Waals surface area (Å²) in [6.07, 6.45) is 1.74. The van der Waals surface area contributed by atoms with Gasteiger partial charge in [0, 0.05) is 13.1 Å². The maximum Gasteiger partial charge on any atom is 0.318 e. The van der Waals surface area contributed by atoms with Crippen LogP contribution < -0.4 is 9.75 Å². The number of aliphatic imine (C=N–C) groups is 1. The molecule has 1 aliphatic rings. The fraction of sp³-hybridized carbons (Fsp3) is 0.250. The van der Waals surface area contributed by atoms with Crippen molar-refractivity contribution in [1.29, 1.82) is 0 Å². The molecule has 0 N–H and O–H groups in total. The van der Waals surface area contributed by atoms with Crippen LogP contribution in [0.5, 0.6) is 5.75 Å². The van der Waals surface area contributed by atoms with Crippen LogP contribution in [0.3, 0.4) is 0 Å². The molecule has 1 amide bonds. The lowest BCUT2D eigenvalue weighted by Crippen LogP contribution is -2.35. The molecular weight excluding hydrogens is 314 g/mol. The number of hydrogen-bond acceptors (Lipinski definition) is 3. The van der Waals surface area contributed by atoms with Crippen LogP contribution in [0.15, 0.2) is 59.6 Å². The number of nitrogens with zero attached hydrogens (tertiary/aromatic N) is 3. The number of carbonyl (C=O) groups excluding carboxylic acids is 1. The fourth-order valence-corrected chi connectivity index (χ4v) is 2.80. The first-order valence-electron chi connectivity index (χ1n) is 8.34. The van der Waals surface area contributed by atoms with Gasteiger partial charge in [-0.05, 0) is 48.9 Å². The van der Waals surface area contributed by atoms with Crippen molar-refractivity contribution in [3.05, 3.63) is 60.2 Å². The van der Waals surface area contributed by atoms with Crippen molar-refractivity contribution in [3.63, 3.8) is 0 Å². The Bertz CT molecular complexity index is 811. The number of benzene rings is 2. The lowest BCUT2D eigenvalue weighted by atomic mass is 10.2. The Morgan fingerprint density at radius 3 is 2.48 bits per heavy atom. The minimum Gasteiger partial charge on any atom is -0.494 e. The zero-order valence-electron chi connectivity index (χ0n) is 14.7. The average molecular weight is 336 g/mol. The number of rotatable bonds is 5. The predicted octanol–water partition coefficient (Wildman–Crippen LogP) is 2.94. The van der Waals surface area contributed by atoms with Gasteiger partial charge in [0.2, 0.25) is 11.8 Å². The van der Waals surface area contributed by atoms with Gasteiger partial charge >= 0.3 is 5.91 Å². The molecule has 1 heterocycles. The lowest BCUT2D eigenvalue weighted by Gasteiger charge is -2.10. The third kappa shape index (κ3) is 3.45. The second-order valence-corrected chi connectivity index (χ2v) is 5.83. The second kappa shape index (κ2) is 7.30. The lowest BCUT2D eigenvalue weighted by molar-refractivity contribution is -0.495. The smallest absolute Gasteiger partial charge is 0.318 e. The third-order valence-electron chi connectivity index (χ3n) is 4.21. The van der Waals surface area contributed by atoms with E-state index in [4.69, 9.17) is 4.74 Å². The summed E-state index contributed by atoms with van der Waals surface area (Å²) < 4.78 is 7.29. The molecule has 0 saturated carbocycles. The van der Waals surface area contributed by atoms with E-state index in [-0.39, 0.29) is 5.91 Å². The number of carbonyl (C=O) groups is 1. The van der Waals surface area contributed by atoms with Gasteiger partial charge in [-0.3, -0.25) is 9.79 Å². The number of ether oxygens (including phenoxy) is 1. The van der Waals surface area contributed by atoms with Crippen LogP contribution in [0.1, 0.15) is 19.4 Å². The van der Waals surface area contributed by atoms with Crippen LogP contribution in [-0.2, 0) is 4.79 Å². The SMILES string of the molecule is CCOc1ccc(C=N[C@@H]2C(=O)N(c3ccccc3)[N+](C)=C2C)cc1. The Kier molecular flexibility index (Phi) is 4.93. The maximum absolute atomic E-state index is 12.8. The Morgan fingerprint density at radius 2 is 1.84 bits per heavy atom. The molecule has 5 heteroatoms. The monoisotopic (exact) mass is 336 g/mol. The maximum atomic E-state index is 12.8. The van der Waals surface area contributed by atoms with Gasteiger partial charge in [0.05, 0.1) is 6.61 Å². The van der Waals surface area contributed by atoms with E-state index in [1.807, 2.05) is 80.2 Å². The fourth-order valence-electron chi connectivity index (χ4n) is 2.80. The van der Waals surface area contributed by atoms with E-state index in [1.165, 1.54) is 0 Å². The second-order valence-electron chi connectivity index (χ2n) is 5.83. The molecule has 0 fully saturated rings. The van der Waals surface area contributed by atoms with Gasteiger partial charge in [-0.15, -0.1) is 4.68 Å². The first-order chi connectivity index (χ1) is 12.1. The van der Waals surface area contributed by atoms with Crippen molar-refractivity contribution in [3.8, 4) is 5.75 Å². The van der Waals surface area contributed by atoms with E-state index in [0.717, 1.165) is 22.7 Å². The molecule has 0 saturated heterocycles. The highest BCUT2D eigenvalue weighted by atomic mass is 16.5. The van der Waals surface area contributed by atoms with E-state index < -0.39 is 6.04 Å². The summed E-state index contributed by atoms with van der Waals surface area (Å²) in [5.41, 5.74) is 2.68. The van der Waals surface area contributed by atoms with E-state index in [1.54, 1.807) is 11.2 Å². The summed E-state index contributed by atoms with van der Waals surface area (Å²) >= 11 is 0. The van der Waals surface area contributed by atoms with Crippen LogP contribution in [0.4, 0.5) is 5.69 Å². The van der Waals surface area contributed by atoms with Crippen molar-refractivity contribution in [2.45, 2.75) is 19.9 Å². The largest absolute Gasteiger partial charge is 0.494 e. The molecule has 5 nitrogen and oxygen atoms in total. The minimum absolute atomic E-state index is 0.0478. The van der Waals surface area contributed by atoms with E-state index >= 15 is 0 Å². The Hall–Kier alpha value is -2.95. The molecule has 3 rings (SSSR count). The predicted molar refractivity (Wildman–Crippen MR) is 99.8 cm³/mol. The summed E-state index contributed by atoms with van der Waals surface area (Å²) in [6, 6.07) is 16.8. The van der Waals surface area contributed by atoms with Crippen LogP contribution in [0.2, 0.25) is 0 Å².